The van der Waals surface area contributed by atoms with E-state index in [1.807, 2.05) is 26.0 Å². The molecule has 0 spiro atoms. The Hall–Kier alpha value is -1.88. The van der Waals surface area contributed by atoms with Crippen LogP contribution in [0.3, 0.4) is 0 Å². The molecular formula is C13H17NO4. The molecule has 0 saturated carbocycles. The molecule has 1 rings (SSSR count). The fraction of sp³-hybridized carbons (Fsp3) is 0.385. The predicted molar refractivity (Wildman–Crippen MR) is 66.7 cm³/mol. The van der Waals surface area contributed by atoms with Crippen LogP contribution in [0.1, 0.15) is 21.5 Å². The van der Waals surface area contributed by atoms with E-state index in [1.54, 1.807) is 6.07 Å². The fourth-order valence-corrected chi connectivity index (χ4v) is 1.65. The zero-order valence-corrected chi connectivity index (χ0v) is 10.7. The van der Waals surface area contributed by atoms with E-state index in [-0.39, 0.29) is 6.61 Å². The first kappa shape index (κ1) is 14.2. The molecule has 18 heavy (non-hydrogen) atoms. The van der Waals surface area contributed by atoms with E-state index in [4.69, 9.17) is 9.84 Å². The van der Waals surface area contributed by atoms with Crippen LogP contribution in [-0.2, 0) is 9.53 Å². The molecule has 5 heteroatoms. The van der Waals surface area contributed by atoms with Gasteiger partial charge >= 0.3 is 5.97 Å². The molecule has 0 aliphatic carbocycles. The summed E-state index contributed by atoms with van der Waals surface area (Å²) in [6.07, 6.45) is 0. The van der Waals surface area contributed by atoms with E-state index in [0.717, 1.165) is 11.1 Å². The molecular weight excluding hydrogens is 234 g/mol. The van der Waals surface area contributed by atoms with E-state index in [9.17, 15) is 9.59 Å². The van der Waals surface area contributed by atoms with Gasteiger partial charge in [-0.25, -0.2) is 4.79 Å². The van der Waals surface area contributed by atoms with Gasteiger partial charge < -0.3 is 15.2 Å². The summed E-state index contributed by atoms with van der Waals surface area (Å²) in [5.74, 6) is -1.52. The first-order valence-electron chi connectivity index (χ1n) is 5.55. The molecule has 0 saturated heterocycles. The Labute approximate surface area is 106 Å². The van der Waals surface area contributed by atoms with Gasteiger partial charge in [0.05, 0.1) is 6.61 Å². The number of carbonyl (C=O) groups excluding carboxylic acids is 1. The maximum Gasteiger partial charge on any atom is 0.328 e. The second kappa shape index (κ2) is 6.16. The predicted octanol–water partition coefficient (Wildman–Crippen LogP) is 1.13. The Kier molecular flexibility index (Phi) is 4.85. The SMILES string of the molecule is COCC(NC(=O)c1ccc(C)cc1C)C(=O)O. The van der Waals surface area contributed by atoms with Gasteiger partial charge in [-0.1, -0.05) is 17.7 Å². The van der Waals surface area contributed by atoms with E-state index in [2.05, 4.69) is 5.32 Å². The van der Waals surface area contributed by atoms with Gasteiger partial charge in [0.15, 0.2) is 6.04 Å². The number of ether oxygens (including phenoxy) is 1. The molecule has 1 unspecified atom stereocenters. The van der Waals surface area contributed by atoms with Crippen LogP contribution in [0.15, 0.2) is 18.2 Å². The minimum Gasteiger partial charge on any atom is -0.480 e. The molecule has 1 aromatic carbocycles. The zero-order valence-electron chi connectivity index (χ0n) is 10.7. The number of nitrogens with one attached hydrogen (secondary N) is 1. The number of aliphatic carboxylic acids is 1. The van der Waals surface area contributed by atoms with Gasteiger partial charge in [-0.2, -0.15) is 0 Å². The quantitative estimate of drug-likeness (QED) is 0.822. The number of hydrogen-bond acceptors (Lipinski definition) is 3. The third-order valence-corrected chi connectivity index (χ3v) is 2.56. The van der Waals surface area contributed by atoms with Gasteiger partial charge in [0.25, 0.3) is 5.91 Å². The number of carboxylic acid groups (broad SMARTS) is 1. The van der Waals surface area contributed by atoms with Gasteiger partial charge in [-0.15, -0.1) is 0 Å². The van der Waals surface area contributed by atoms with Crippen molar-refractivity contribution in [1.29, 1.82) is 0 Å². The molecule has 5 nitrogen and oxygen atoms in total. The number of benzene rings is 1. The topological polar surface area (TPSA) is 75.6 Å². The van der Waals surface area contributed by atoms with Crippen molar-refractivity contribution >= 4 is 11.9 Å². The third-order valence-electron chi connectivity index (χ3n) is 2.56. The summed E-state index contributed by atoms with van der Waals surface area (Å²) in [6.45, 7) is 3.68. The van der Waals surface area contributed by atoms with E-state index in [0.29, 0.717) is 5.56 Å². The highest BCUT2D eigenvalue weighted by Crippen LogP contribution is 2.10. The molecule has 0 radical (unpaired) electrons. The summed E-state index contributed by atoms with van der Waals surface area (Å²) in [4.78, 5) is 22.8. The van der Waals surface area contributed by atoms with Gasteiger partial charge in [-0.3, -0.25) is 4.79 Å². The average Bonchev–Trinajstić information content (AvgIpc) is 2.27. The standard InChI is InChI=1S/C13H17NO4/c1-8-4-5-10(9(2)6-8)12(15)14-11(7-18-3)13(16)17/h4-6,11H,7H2,1-3H3,(H,14,15)(H,16,17). The van der Waals surface area contributed by atoms with Crippen LogP contribution in [0.2, 0.25) is 0 Å². The van der Waals surface area contributed by atoms with Crippen molar-refractivity contribution < 1.29 is 19.4 Å². The molecule has 1 aromatic rings. The second-order valence-electron chi connectivity index (χ2n) is 4.14. The van der Waals surface area contributed by atoms with Crippen molar-refractivity contribution in [1.82, 2.24) is 5.32 Å². The minimum atomic E-state index is -1.12. The smallest absolute Gasteiger partial charge is 0.328 e. The van der Waals surface area contributed by atoms with Gasteiger partial charge in [-0.05, 0) is 25.5 Å². The zero-order chi connectivity index (χ0) is 13.7. The normalized spacial score (nSPS) is 11.9. The summed E-state index contributed by atoms with van der Waals surface area (Å²) in [7, 11) is 1.39. The van der Waals surface area contributed by atoms with Crippen LogP contribution in [0, 0.1) is 13.8 Å². The van der Waals surface area contributed by atoms with E-state index >= 15 is 0 Å². The lowest BCUT2D eigenvalue weighted by molar-refractivity contribution is -0.140. The summed E-state index contributed by atoms with van der Waals surface area (Å²) in [5.41, 5.74) is 2.34. The maximum atomic E-state index is 11.9. The van der Waals surface area contributed by atoms with Gasteiger partial charge in [0, 0.05) is 12.7 Å². The average molecular weight is 251 g/mol. The summed E-state index contributed by atoms with van der Waals surface area (Å²) >= 11 is 0. The van der Waals surface area contributed by atoms with Crippen molar-refractivity contribution in [2.24, 2.45) is 0 Å². The Morgan fingerprint density at radius 2 is 2.06 bits per heavy atom. The van der Waals surface area contributed by atoms with E-state index < -0.39 is 17.9 Å². The van der Waals surface area contributed by atoms with Crippen molar-refractivity contribution in [2.75, 3.05) is 13.7 Å². The lowest BCUT2D eigenvalue weighted by Gasteiger charge is -2.14. The molecule has 2 N–H and O–H groups in total. The summed E-state index contributed by atoms with van der Waals surface area (Å²) < 4.78 is 4.76. The molecule has 0 fully saturated rings. The van der Waals surface area contributed by atoms with Crippen LogP contribution < -0.4 is 5.32 Å². The number of rotatable bonds is 5. The highest BCUT2D eigenvalue weighted by atomic mass is 16.5. The van der Waals surface area contributed by atoms with Gasteiger partial charge in [0.1, 0.15) is 0 Å². The van der Waals surface area contributed by atoms with Crippen molar-refractivity contribution in [2.45, 2.75) is 19.9 Å². The Morgan fingerprint density at radius 1 is 1.39 bits per heavy atom. The number of amides is 1. The Bertz CT molecular complexity index is 456. The molecule has 0 aliphatic rings. The molecule has 1 atom stereocenters. The van der Waals surface area contributed by atoms with Crippen molar-refractivity contribution in [3.63, 3.8) is 0 Å². The second-order valence-corrected chi connectivity index (χ2v) is 4.14. The Balaban J connectivity index is 2.83. The number of aryl methyl sites for hydroxylation is 2. The largest absolute Gasteiger partial charge is 0.480 e. The molecule has 0 bridgehead atoms. The maximum absolute atomic E-state index is 11.9. The Morgan fingerprint density at radius 3 is 2.56 bits per heavy atom. The van der Waals surface area contributed by atoms with Crippen LogP contribution in [0.4, 0.5) is 0 Å². The molecule has 1 amide bonds. The molecule has 0 heterocycles. The number of carbonyl (C=O) groups is 2. The fourth-order valence-electron chi connectivity index (χ4n) is 1.65. The highest BCUT2D eigenvalue weighted by Gasteiger charge is 2.21. The summed E-state index contributed by atoms with van der Waals surface area (Å²) in [5, 5.41) is 11.3. The first-order valence-corrected chi connectivity index (χ1v) is 5.55. The number of carboxylic acids is 1. The number of hydrogen-bond donors (Lipinski definition) is 2. The highest BCUT2D eigenvalue weighted by molar-refractivity contribution is 5.97. The lowest BCUT2D eigenvalue weighted by atomic mass is 10.0. The van der Waals surface area contributed by atoms with Gasteiger partial charge in [0.2, 0.25) is 0 Å². The van der Waals surface area contributed by atoms with Crippen molar-refractivity contribution in [3.8, 4) is 0 Å². The number of methoxy groups -OCH3 is 1. The third kappa shape index (κ3) is 3.56. The van der Waals surface area contributed by atoms with Crippen molar-refractivity contribution in [3.05, 3.63) is 34.9 Å². The van der Waals surface area contributed by atoms with Crippen LogP contribution in [0.5, 0.6) is 0 Å². The van der Waals surface area contributed by atoms with Crippen LogP contribution in [0.25, 0.3) is 0 Å². The lowest BCUT2D eigenvalue weighted by Crippen LogP contribution is -2.44. The summed E-state index contributed by atoms with van der Waals surface area (Å²) in [6, 6.07) is 4.34. The molecule has 0 aromatic heterocycles. The molecule has 98 valence electrons. The molecule has 0 aliphatic heterocycles. The van der Waals surface area contributed by atoms with Crippen LogP contribution >= 0.6 is 0 Å². The monoisotopic (exact) mass is 251 g/mol. The minimum absolute atomic E-state index is 0.0635. The van der Waals surface area contributed by atoms with Crippen LogP contribution in [-0.4, -0.2) is 36.7 Å². The first-order chi connectivity index (χ1) is 8.45. The van der Waals surface area contributed by atoms with E-state index in [1.165, 1.54) is 7.11 Å².